The van der Waals surface area contributed by atoms with Crippen molar-refractivity contribution in [1.29, 1.82) is 0 Å². The van der Waals surface area contributed by atoms with Gasteiger partial charge in [-0.2, -0.15) is 13.2 Å². The highest BCUT2D eigenvalue weighted by atomic mass is 19.4. The Labute approximate surface area is 151 Å². The van der Waals surface area contributed by atoms with Crippen molar-refractivity contribution in [1.82, 2.24) is 24.3 Å². The number of hydrogen-bond donors (Lipinski definition) is 1. The van der Waals surface area contributed by atoms with Gasteiger partial charge in [0.1, 0.15) is 11.5 Å². The molecular weight excluding hydrogens is 366 g/mol. The van der Waals surface area contributed by atoms with E-state index >= 15 is 0 Å². The maximum atomic E-state index is 13.3. The Hall–Kier alpha value is -2.75. The van der Waals surface area contributed by atoms with Gasteiger partial charge in [-0.25, -0.2) is 9.37 Å². The van der Waals surface area contributed by atoms with Gasteiger partial charge in [0, 0.05) is 12.1 Å². The molecular formula is C17H15F4N5O. The molecule has 10 heteroatoms. The minimum absolute atomic E-state index is 0.277. The molecule has 6 nitrogen and oxygen atoms in total. The first kappa shape index (κ1) is 17.7. The normalized spacial score (nSPS) is 18.7. The average molecular weight is 381 g/mol. The van der Waals surface area contributed by atoms with Crippen LogP contribution in [0.25, 0.3) is 22.9 Å². The van der Waals surface area contributed by atoms with Crippen LogP contribution in [0.5, 0.6) is 0 Å². The van der Waals surface area contributed by atoms with E-state index in [1.807, 2.05) is 0 Å². The van der Waals surface area contributed by atoms with Gasteiger partial charge in [0.2, 0.25) is 5.60 Å². The van der Waals surface area contributed by atoms with Gasteiger partial charge in [-0.3, -0.25) is 0 Å². The van der Waals surface area contributed by atoms with Crippen LogP contribution in [-0.2, 0) is 12.1 Å². The summed E-state index contributed by atoms with van der Waals surface area (Å²) in [5, 5.41) is 18.3. The second-order valence-corrected chi connectivity index (χ2v) is 6.72. The Morgan fingerprint density at radius 1 is 1.11 bits per heavy atom. The van der Waals surface area contributed by atoms with Crippen LogP contribution in [0.4, 0.5) is 17.6 Å². The Morgan fingerprint density at radius 2 is 1.74 bits per heavy atom. The molecule has 1 aromatic carbocycles. The number of nitrogens with zero attached hydrogens (tertiary/aromatic N) is 5. The quantitative estimate of drug-likeness (QED) is 0.692. The maximum absolute atomic E-state index is 13.3. The van der Waals surface area contributed by atoms with Crippen molar-refractivity contribution in [2.75, 3.05) is 0 Å². The average Bonchev–Trinajstić information content (AvgIpc) is 3.19. The van der Waals surface area contributed by atoms with E-state index in [1.165, 1.54) is 22.9 Å². The van der Waals surface area contributed by atoms with E-state index in [0.717, 1.165) is 0 Å². The highest BCUT2D eigenvalue weighted by Gasteiger charge is 2.55. The predicted octanol–water partition coefficient (Wildman–Crippen LogP) is 3.29. The minimum atomic E-state index is -4.88. The second-order valence-electron chi connectivity index (χ2n) is 6.72. The first-order valence-corrected chi connectivity index (χ1v) is 8.17. The van der Waals surface area contributed by atoms with Gasteiger partial charge >= 0.3 is 6.18 Å². The molecule has 0 aliphatic carbocycles. The van der Waals surface area contributed by atoms with E-state index in [1.54, 1.807) is 23.6 Å². The van der Waals surface area contributed by atoms with Gasteiger partial charge < -0.3 is 14.2 Å². The Kier molecular flexibility index (Phi) is 3.68. The van der Waals surface area contributed by atoms with Crippen LogP contribution in [-0.4, -0.2) is 35.6 Å². The van der Waals surface area contributed by atoms with Crippen LogP contribution in [0.15, 0.2) is 30.5 Å². The van der Waals surface area contributed by atoms with E-state index in [4.69, 9.17) is 0 Å². The van der Waals surface area contributed by atoms with Crippen LogP contribution in [0.3, 0.4) is 0 Å². The summed E-state index contributed by atoms with van der Waals surface area (Å²) < 4.78 is 56.1. The zero-order chi connectivity index (χ0) is 19.6. The molecule has 0 bridgehead atoms. The van der Waals surface area contributed by atoms with Crippen LogP contribution in [0.2, 0.25) is 0 Å². The van der Waals surface area contributed by atoms with Crippen LogP contribution in [0.1, 0.15) is 25.7 Å². The van der Waals surface area contributed by atoms with Crippen molar-refractivity contribution in [3.05, 3.63) is 42.1 Å². The number of aliphatic hydroxyl groups is 1. The number of halogens is 4. The molecule has 0 amide bonds. The first-order valence-electron chi connectivity index (χ1n) is 8.17. The smallest absolute Gasteiger partial charge is 0.374 e. The molecule has 2 atom stereocenters. The molecule has 1 aliphatic rings. The molecule has 0 fully saturated rings. The molecule has 0 radical (unpaired) electrons. The summed E-state index contributed by atoms with van der Waals surface area (Å²) in [6.07, 6.45) is -3.63. The van der Waals surface area contributed by atoms with Crippen molar-refractivity contribution in [2.24, 2.45) is 0 Å². The van der Waals surface area contributed by atoms with E-state index in [0.29, 0.717) is 29.8 Å². The Bertz CT molecular complexity index is 1000. The first-order chi connectivity index (χ1) is 12.6. The zero-order valence-corrected chi connectivity index (χ0v) is 14.4. The Balaban J connectivity index is 1.85. The third kappa shape index (κ3) is 2.54. The standard InChI is InChI=1S/C17H15F4N5O/c1-9-8-25-13(10-3-5-11(18)6-4-10)23-24-14(25)12-7-22-15(26(9)12)16(2,27)17(19,20)21/h3-7,9,27H,8H2,1-2H3/t9-,16?/m0/s1. The van der Waals surface area contributed by atoms with Gasteiger partial charge in [0.15, 0.2) is 17.5 Å². The molecule has 1 aliphatic heterocycles. The van der Waals surface area contributed by atoms with Crippen molar-refractivity contribution in [2.45, 2.75) is 38.2 Å². The molecule has 0 spiro atoms. The molecule has 3 heterocycles. The molecule has 0 saturated carbocycles. The summed E-state index contributed by atoms with van der Waals surface area (Å²) >= 11 is 0. The topological polar surface area (TPSA) is 68.8 Å². The molecule has 1 N–H and O–H groups in total. The summed E-state index contributed by atoms with van der Waals surface area (Å²) in [7, 11) is 0. The maximum Gasteiger partial charge on any atom is 0.424 e. The lowest BCUT2D eigenvalue weighted by Crippen LogP contribution is -2.42. The van der Waals surface area contributed by atoms with Crippen LogP contribution >= 0.6 is 0 Å². The van der Waals surface area contributed by atoms with Crippen molar-refractivity contribution in [3.8, 4) is 22.9 Å². The lowest BCUT2D eigenvalue weighted by Gasteiger charge is -2.31. The van der Waals surface area contributed by atoms with Crippen LogP contribution in [0, 0.1) is 5.82 Å². The molecule has 142 valence electrons. The summed E-state index contributed by atoms with van der Waals surface area (Å²) in [6, 6.07) is 5.28. The molecule has 1 unspecified atom stereocenters. The highest BCUT2D eigenvalue weighted by molar-refractivity contribution is 5.61. The van der Waals surface area contributed by atoms with E-state index in [2.05, 4.69) is 15.2 Å². The SMILES string of the molecule is C[C@H]1Cn2c(-c3ccc(F)cc3)nnc2-c2cnc(C(C)(O)C(F)(F)F)n21. The molecule has 0 saturated heterocycles. The van der Waals surface area contributed by atoms with Crippen LogP contribution < -0.4 is 0 Å². The largest absolute Gasteiger partial charge is 0.424 e. The second kappa shape index (κ2) is 5.62. The van der Waals surface area contributed by atoms with Crippen molar-refractivity contribution >= 4 is 0 Å². The molecule has 4 rings (SSSR count). The number of benzene rings is 1. The van der Waals surface area contributed by atoms with Crippen molar-refractivity contribution < 1.29 is 22.7 Å². The summed E-state index contributed by atoms with van der Waals surface area (Å²) in [4.78, 5) is 3.84. The van der Waals surface area contributed by atoms with Gasteiger partial charge in [-0.15, -0.1) is 10.2 Å². The van der Waals surface area contributed by atoms with Gasteiger partial charge in [0.05, 0.1) is 12.2 Å². The fourth-order valence-electron chi connectivity index (χ4n) is 3.28. The highest BCUT2D eigenvalue weighted by Crippen LogP contribution is 2.42. The summed E-state index contributed by atoms with van der Waals surface area (Å²) in [6.45, 7) is 2.68. The molecule has 27 heavy (non-hydrogen) atoms. The number of alkyl halides is 3. The number of aromatic nitrogens is 5. The third-order valence-corrected chi connectivity index (χ3v) is 4.75. The fourth-order valence-corrected chi connectivity index (χ4v) is 3.28. The minimum Gasteiger partial charge on any atom is -0.374 e. The summed E-state index contributed by atoms with van der Waals surface area (Å²) in [5.41, 5.74) is -2.13. The monoisotopic (exact) mass is 381 g/mol. The lowest BCUT2D eigenvalue weighted by molar-refractivity contribution is -0.262. The summed E-state index contributed by atoms with van der Waals surface area (Å²) in [5.74, 6) is -0.0599. The predicted molar refractivity (Wildman–Crippen MR) is 87.0 cm³/mol. The lowest BCUT2D eigenvalue weighted by atomic mass is 10.0. The Morgan fingerprint density at radius 3 is 2.37 bits per heavy atom. The third-order valence-electron chi connectivity index (χ3n) is 4.75. The van der Waals surface area contributed by atoms with Crippen molar-refractivity contribution in [3.63, 3.8) is 0 Å². The van der Waals surface area contributed by atoms with Gasteiger partial charge in [0.25, 0.3) is 0 Å². The molecule has 3 aromatic rings. The molecule has 2 aromatic heterocycles. The van der Waals surface area contributed by atoms with E-state index in [9.17, 15) is 22.7 Å². The van der Waals surface area contributed by atoms with Gasteiger partial charge in [-0.1, -0.05) is 0 Å². The van der Waals surface area contributed by atoms with Gasteiger partial charge in [-0.05, 0) is 38.1 Å². The van der Waals surface area contributed by atoms with E-state index in [-0.39, 0.29) is 12.4 Å². The fraction of sp³-hybridized carbons (Fsp3) is 0.353. The zero-order valence-electron chi connectivity index (χ0n) is 14.4. The van der Waals surface area contributed by atoms with E-state index < -0.39 is 23.6 Å². The number of rotatable bonds is 2. The number of hydrogen-bond acceptors (Lipinski definition) is 4. The number of fused-ring (bicyclic) bond motifs is 3. The number of imidazole rings is 1.